The van der Waals surface area contributed by atoms with E-state index in [9.17, 15) is 4.79 Å². The SMILES string of the molecule is CNCC1(C(=O)NCCC2CCC2)CCC1. The molecule has 2 N–H and O–H groups in total. The zero-order valence-electron chi connectivity index (χ0n) is 10.3. The summed E-state index contributed by atoms with van der Waals surface area (Å²) >= 11 is 0. The predicted octanol–water partition coefficient (Wildman–Crippen LogP) is 1.68. The highest BCUT2D eigenvalue weighted by atomic mass is 16.2. The van der Waals surface area contributed by atoms with Crippen molar-refractivity contribution in [1.29, 1.82) is 0 Å². The minimum absolute atomic E-state index is 0.0750. The van der Waals surface area contributed by atoms with Gasteiger partial charge >= 0.3 is 0 Å². The number of carbonyl (C=O) groups is 1. The molecule has 0 aromatic rings. The van der Waals surface area contributed by atoms with E-state index in [-0.39, 0.29) is 11.3 Å². The lowest BCUT2D eigenvalue weighted by Crippen LogP contribution is -2.51. The van der Waals surface area contributed by atoms with Crippen molar-refractivity contribution in [3.8, 4) is 0 Å². The van der Waals surface area contributed by atoms with Crippen LogP contribution in [-0.4, -0.2) is 26.0 Å². The van der Waals surface area contributed by atoms with Crippen LogP contribution in [0.25, 0.3) is 0 Å². The summed E-state index contributed by atoms with van der Waals surface area (Å²) in [6.07, 6.45) is 8.64. The summed E-state index contributed by atoms with van der Waals surface area (Å²) in [4.78, 5) is 12.1. The van der Waals surface area contributed by atoms with E-state index >= 15 is 0 Å². The van der Waals surface area contributed by atoms with E-state index in [0.29, 0.717) is 0 Å². The van der Waals surface area contributed by atoms with Gasteiger partial charge in [0.1, 0.15) is 0 Å². The molecule has 2 saturated carbocycles. The number of rotatable bonds is 6. The summed E-state index contributed by atoms with van der Waals surface area (Å²) in [7, 11) is 1.93. The fraction of sp³-hybridized carbons (Fsp3) is 0.923. The molecule has 0 saturated heterocycles. The van der Waals surface area contributed by atoms with Gasteiger partial charge < -0.3 is 10.6 Å². The summed E-state index contributed by atoms with van der Waals surface area (Å²) in [6, 6.07) is 0. The molecule has 0 radical (unpaired) electrons. The Bertz CT molecular complexity index is 244. The third kappa shape index (κ3) is 2.40. The van der Waals surface area contributed by atoms with Gasteiger partial charge in [-0.25, -0.2) is 0 Å². The van der Waals surface area contributed by atoms with Crippen molar-refractivity contribution in [2.24, 2.45) is 11.3 Å². The molecule has 0 heterocycles. The normalized spacial score (nSPS) is 23.3. The monoisotopic (exact) mass is 224 g/mol. The summed E-state index contributed by atoms with van der Waals surface area (Å²) in [6.45, 7) is 1.72. The second-order valence-electron chi connectivity index (χ2n) is 5.51. The van der Waals surface area contributed by atoms with E-state index in [1.165, 1.54) is 32.1 Å². The molecule has 0 unspecified atom stereocenters. The van der Waals surface area contributed by atoms with Gasteiger partial charge in [0.05, 0.1) is 5.41 Å². The average molecular weight is 224 g/mol. The van der Waals surface area contributed by atoms with Crippen LogP contribution in [0.3, 0.4) is 0 Å². The highest BCUT2D eigenvalue weighted by Gasteiger charge is 2.43. The van der Waals surface area contributed by atoms with E-state index < -0.39 is 0 Å². The second kappa shape index (κ2) is 5.17. The first kappa shape index (κ1) is 11.9. The fourth-order valence-corrected chi connectivity index (χ4v) is 2.78. The maximum absolute atomic E-state index is 12.1. The molecule has 1 amide bonds. The maximum Gasteiger partial charge on any atom is 0.227 e. The Kier molecular flexibility index (Phi) is 3.85. The van der Waals surface area contributed by atoms with Gasteiger partial charge in [-0.1, -0.05) is 25.7 Å². The van der Waals surface area contributed by atoms with Crippen molar-refractivity contribution in [1.82, 2.24) is 10.6 Å². The minimum atomic E-state index is -0.0750. The van der Waals surface area contributed by atoms with Crippen LogP contribution in [0, 0.1) is 11.3 Å². The largest absolute Gasteiger partial charge is 0.356 e. The summed E-state index contributed by atoms with van der Waals surface area (Å²) in [5.41, 5.74) is -0.0750. The van der Waals surface area contributed by atoms with Crippen molar-refractivity contribution >= 4 is 5.91 Å². The van der Waals surface area contributed by atoms with Crippen LogP contribution in [0.15, 0.2) is 0 Å². The molecule has 0 spiro atoms. The quantitative estimate of drug-likeness (QED) is 0.721. The predicted molar refractivity (Wildman–Crippen MR) is 65.2 cm³/mol. The molecule has 2 fully saturated rings. The van der Waals surface area contributed by atoms with Gasteiger partial charge in [0.15, 0.2) is 0 Å². The molecule has 2 aliphatic rings. The van der Waals surface area contributed by atoms with Crippen molar-refractivity contribution in [2.75, 3.05) is 20.1 Å². The average Bonchev–Trinajstić information content (AvgIpc) is 2.15. The van der Waals surface area contributed by atoms with Gasteiger partial charge in [-0.3, -0.25) is 4.79 Å². The molecule has 0 atom stereocenters. The maximum atomic E-state index is 12.1. The van der Waals surface area contributed by atoms with Gasteiger partial charge in [0, 0.05) is 13.1 Å². The minimum Gasteiger partial charge on any atom is -0.356 e. The first-order valence-corrected chi connectivity index (χ1v) is 6.70. The molecule has 92 valence electrons. The molecule has 2 rings (SSSR count). The van der Waals surface area contributed by atoms with Gasteiger partial charge in [-0.2, -0.15) is 0 Å². The van der Waals surface area contributed by atoms with Crippen LogP contribution in [0.2, 0.25) is 0 Å². The van der Waals surface area contributed by atoms with Crippen LogP contribution in [0.5, 0.6) is 0 Å². The molecule has 2 aliphatic carbocycles. The zero-order valence-corrected chi connectivity index (χ0v) is 10.3. The number of carbonyl (C=O) groups excluding carboxylic acids is 1. The summed E-state index contributed by atoms with van der Waals surface area (Å²) in [5.74, 6) is 1.18. The first-order valence-electron chi connectivity index (χ1n) is 6.70. The Labute approximate surface area is 98.4 Å². The van der Waals surface area contributed by atoms with Crippen LogP contribution < -0.4 is 10.6 Å². The first-order chi connectivity index (χ1) is 7.77. The van der Waals surface area contributed by atoms with Crippen LogP contribution in [-0.2, 0) is 4.79 Å². The van der Waals surface area contributed by atoms with Crippen LogP contribution in [0.4, 0.5) is 0 Å². The lowest BCUT2D eigenvalue weighted by atomic mass is 9.68. The van der Waals surface area contributed by atoms with Crippen LogP contribution >= 0.6 is 0 Å². The highest BCUT2D eigenvalue weighted by molar-refractivity contribution is 5.83. The Morgan fingerprint density at radius 1 is 1.31 bits per heavy atom. The molecule has 3 nitrogen and oxygen atoms in total. The zero-order chi connectivity index (χ0) is 11.4. The smallest absolute Gasteiger partial charge is 0.227 e. The van der Waals surface area contributed by atoms with Crippen molar-refractivity contribution in [3.63, 3.8) is 0 Å². The Morgan fingerprint density at radius 3 is 2.50 bits per heavy atom. The number of hydrogen-bond donors (Lipinski definition) is 2. The van der Waals surface area contributed by atoms with Gasteiger partial charge in [0.2, 0.25) is 5.91 Å². The molecular formula is C13H24N2O. The third-order valence-corrected chi connectivity index (χ3v) is 4.37. The van der Waals surface area contributed by atoms with E-state index in [2.05, 4.69) is 10.6 Å². The third-order valence-electron chi connectivity index (χ3n) is 4.37. The van der Waals surface area contributed by atoms with Crippen molar-refractivity contribution in [3.05, 3.63) is 0 Å². The lowest BCUT2D eigenvalue weighted by molar-refractivity contribution is -0.135. The van der Waals surface area contributed by atoms with Gasteiger partial charge in [0.25, 0.3) is 0 Å². The Balaban J connectivity index is 1.68. The highest BCUT2D eigenvalue weighted by Crippen LogP contribution is 2.40. The summed E-state index contributed by atoms with van der Waals surface area (Å²) < 4.78 is 0. The van der Waals surface area contributed by atoms with Gasteiger partial charge in [-0.05, 0) is 32.2 Å². The van der Waals surface area contributed by atoms with E-state index in [4.69, 9.17) is 0 Å². The van der Waals surface area contributed by atoms with E-state index in [1.54, 1.807) is 0 Å². The van der Waals surface area contributed by atoms with Crippen LogP contribution in [0.1, 0.15) is 44.9 Å². The Morgan fingerprint density at radius 2 is 2.06 bits per heavy atom. The van der Waals surface area contributed by atoms with E-state index in [0.717, 1.165) is 31.8 Å². The number of nitrogens with one attached hydrogen (secondary N) is 2. The molecule has 3 heteroatoms. The molecule has 0 aromatic carbocycles. The van der Waals surface area contributed by atoms with Crippen molar-refractivity contribution in [2.45, 2.75) is 44.9 Å². The topological polar surface area (TPSA) is 41.1 Å². The molecular weight excluding hydrogens is 200 g/mol. The van der Waals surface area contributed by atoms with E-state index in [1.807, 2.05) is 7.05 Å². The number of hydrogen-bond acceptors (Lipinski definition) is 2. The second-order valence-corrected chi connectivity index (χ2v) is 5.51. The van der Waals surface area contributed by atoms with Crippen molar-refractivity contribution < 1.29 is 4.79 Å². The fourth-order valence-electron chi connectivity index (χ4n) is 2.78. The lowest BCUT2D eigenvalue weighted by Gasteiger charge is -2.40. The molecule has 0 aromatic heterocycles. The summed E-state index contributed by atoms with van der Waals surface area (Å²) in [5, 5.41) is 6.28. The van der Waals surface area contributed by atoms with Gasteiger partial charge in [-0.15, -0.1) is 0 Å². The standard InChI is InChI=1S/C13H24N2O/c1-14-10-13(7-3-8-13)12(16)15-9-6-11-4-2-5-11/h11,14H,2-10H2,1H3,(H,15,16). The molecule has 0 bridgehead atoms. The Hall–Kier alpha value is -0.570. The molecule has 16 heavy (non-hydrogen) atoms. The molecule has 0 aliphatic heterocycles. The number of amides is 1.